The van der Waals surface area contributed by atoms with Crippen LogP contribution < -0.4 is 5.32 Å². The summed E-state index contributed by atoms with van der Waals surface area (Å²) in [5.74, 6) is 0.613. The van der Waals surface area contributed by atoms with E-state index in [0.717, 1.165) is 18.2 Å². The highest BCUT2D eigenvalue weighted by Crippen LogP contribution is 2.38. The fraction of sp³-hybridized carbons (Fsp3) is 0.533. The molecule has 2 aromatic carbocycles. The molecule has 5 nitrogen and oxygen atoms in total. The van der Waals surface area contributed by atoms with Gasteiger partial charge in [-0.05, 0) is 43.9 Å². The van der Waals surface area contributed by atoms with Gasteiger partial charge in [-0.3, -0.25) is 14.5 Å². The lowest BCUT2D eigenvalue weighted by atomic mass is 10.1. The standard InChI is InChI=1S/C15H19NO.C14H17NO.CH4O/c1-16(11-6-2-3-7-11)14-10-15(17)13-9-5-4-8-12(13)14;16-14-9-13(15-10-5-1-2-6-10)11-7-3-4-8-12(11)14;1-2/h4-5,8-9,11,14H,2-3,6-7,10H2,1H3;3-4,7-8,10,13,15H,1-2,5-6,9H2;2H,1H3. The molecule has 2 atom stereocenters. The highest BCUT2D eigenvalue weighted by atomic mass is 16.2. The average molecular weight is 477 g/mol. The van der Waals surface area contributed by atoms with Gasteiger partial charge >= 0.3 is 0 Å². The Balaban J connectivity index is 0.000000155. The van der Waals surface area contributed by atoms with Gasteiger partial charge in [0.05, 0.1) is 0 Å². The maximum atomic E-state index is 12.0. The molecule has 0 aliphatic heterocycles. The van der Waals surface area contributed by atoms with Gasteiger partial charge in [0.2, 0.25) is 0 Å². The molecule has 0 aromatic heterocycles. The van der Waals surface area contributed by atoms with E-state index in [1.807, 2.05) is 36.4 Å². The van der Waals surface area contributed by atoms with Crippen LogP contribution in [0.4, 0.5) is 0 Å². The van der Waals surface area contributed by atoms with Crippen LogP contribution in [-0.4, -0.2) is 47.8 Å². The second-order valence-electron chi connectivity index (χ2n) is 10.2. The van der Waals surface area contributed by atoms with Crippen molar-refractivity contribution in [1.82, 2.24) is 10.2 Å². The smallest absolute Gasteiger partial charge is 0.165 e. The third-order valence-corrected chi connectivity index (χ3v) is 8.21. The molecule has 2 unspecified atom stereocenters. The third-order valence-electron chi connectivity index (χ3n) is 8.21. The van der Waals surface area contributed by atoms with E-state index >= 15 is 0 Å². The van der Waals surface area contributed by atoms with Crippen molar-refractivity contribution in [2.75, 3.05) is 14.2 Å². The predicted molar refractivity (Wildman–Crippen MR) is 140 cm³/mol. The lowest BCUT2D eigenvalue weighted by Crippen LogP contribution is -2.32. The maximum Gasteiger partial charge on any atom is 0.165 e. The number of ketones is 2. The molecular weight excluding hydrogens is 436 g/mol. The normalized spacial score (nSPS) is 23.5. The number of aliphatic hydroxyl groups excluding tert-OH is 1. The van der Waals surface area contributed by atoms with E-state index in [1.54, 1.807) is 0 Å². The van der Waals surface area contributed by atoms with Crippen molar-refractivity contribution in [2.45, 2.75) is 88.4 Å². The molecule has 4 aliphatic rings. The summed E-state index contributed by atoms with van der Waals surface area (Å²) in [4.78, 5) is 26.2. The Morgan fingerprint density at radius 1 is 0.743 bits per heavy atom. The van der Waals surface area contributed by atoms with E-state index in [0.29, 0.717) is 42.5 Å². The number of carbonyl (C=O) groups excluding carboxylic acids is 2. The third kappa shape index (κ3) is 5.74. The van der Waals surface area contributed by atoms with Gasteiger partial charge < -0.3 is 10.4 Å². The summed E-state index contributed by atoms with van der Waals surface area (Å²) in [5, 5.41) is 10.6. The number of aliphatic hydroxyl groups is 1. The van der Waals surface area contributed by atoms with Crippen molar-refractivity contribution in [1.29, 1.82) is 0 Å². The Kier molecular flexibility index (Phi) is 8.88. The largest absolute Gasteiger partial charge is 0.400 e. The van der Waals surface area contributed by atoms with Crippen LogP contribution in [0.2, 0.25) is 0 Å². The molecule has 0 radical (unpaired) electrons. The predicted octanol–water partition coefficient (Wildman–Crippen LogP) is 5.64. The monoisotopic (exact) mass is 476 g/mol. The quantitative estimate of drug-likeness (QED) is 0.597. The lowest BCUT2D eigenvalue weighted by Gasteiger charge is -2.30. The Hall–Kier alpha value is -2.34. The second kappa shape index (κ2) is 12.1. The van der Waals surface area contributed by atoms with E-state index in [9.17, 15) is 9.59 Å². The minimum atomic E-state index is 0.270. The zero-order valence-electron chi connectivity index (χ0n) is 21.2. The summed E-state index contributed by atoms with van der Waals surface area (Å²) < 4.78 is 0. The van der Waals surface area contributed by atoms with Gasteiger partial charge in [-0.1, -0.05) is 74.2 Å². The number of carbonyl (C=O) groups is 2. The number of Topliss-reactive ketones (excluding diaryl/α,β-unsaturated/α-hetero) is 2. The van der Waals surface area contributed by atoms with Crippen molar-refractivity contribution in [3.05, 3.63) is 70.8 Å². The van der Waals surface area contributed by atoms with Gasteiger partial charge in [0.15, 0.2) is 11.6 Å². The molecule has 6 rings (SSSR count). The molecule has 2 saturated carbocycles. The van der Waals surface area contributed by atoms with Crippen molar-refractivity contribution in [3.8, 4) is 0 Å². The number of hydrogen-bond donors (Lipinski definition) is 2. The molecule has 2 fully saturated rings. The number of nitrogens with one attached hydrogen (secondary N) is 1. The van der Waals surface area contributed by atoms with E-state index < -0.39 is 0 Å². The molecule has 0 spiro atoms. The highest BCUT2D eigenvalue weighted by Gasteiger charge is 2.35. The molecule has 5 heteroatoms. The van der Waals surface area contributed by atoms with Crippen LogP contribution in [0.3, 0.4) is 0 Å². The van der Waals surface area contributed by atoms with Crippen LogP contribution in [0, 0.1) is 0 Å². The van der Waals surface area contributed by atoms with Gasteiger partial charge in [-0.2, -0.15) is 0 Å². The van der Waals surface area contributed by atoms with E-state index in [2.05, 4.69) is 29.4 Å². The molecular formula is C30H40N2O3. The topological polar surface area (TPSA) is 69.6 Å². The molecule has 0 amide bonds. The minimum Gasteiger partial charge on any atom is -0.400 e. The number of rotatable bonds is 4. The summed E-state index contributed by atoms with van der Waals surface area (Å²) in [6.45, 7) is 0. The summed E-state index contributed by atoms with van der Waals surface area (Å²) in [6.07, 6.45) is 11.8. The number of nitrogens with zero attached hydrogens (tertiary/aromatic N) is 1. The number of benzene rings is 2. The van der Waals surface area contributed by atoms with Crippen LogP contribution >= 0.6 is 0 Å². The SMILES string of the molecule is CN(C1CCCC1)C1CC(=O)c2ccccc21.CO.O=C1CC(NC2CCCC2)c2ccccc21. The Bertz CT molecular complexity index is 1010. The first-order valence-electron chi connectivity index (χ1n) is 13.3. The summed E-state index contributed by atoms with van der Waals surface area (Å²) in [6, 6.07) is 18.0. The Morgan fingerprint density at radius 2 is 1.26 bits per heavy atom. The highest BCUT2D eigenvalue weighted by molar-refractivity contribution is 6.01. The van der Waals surface area contributed by atoms with Crippen molar-refractivity contribution in [2.24, 2.45) is 0 Å². The molecule has 0 bridgehead atoms. The van der Waals surface area contributed by atoms with Crippen LogP contribution in [0.25, 0.3) is 0 Å². The fourth-order valence-corrected chi connectivity index (χ4v) is 6.35. The first kappa shape index (κ1) is 25.7. The van der Waals surface area contributed by atoms with Gasteiger partial charge in [-0.25, -0.2) is 0 Å². The molecule has 2 aromatic rings. The zero-order valence-corrected chi connectivity index (χ0v) is 21.2. The first-order chi connectivity index (χ1) is 17.1. The summed E-state index contributed by atoms with van der Waals surface area (Å²) in [5.41, 5.74) is 4.33. The van der Waals surface area contributed by atoms with Crippen LogP contribution in [0.5, 0.6) is 0 Å². The molecule has 0 heterocycles. The molecule has 35 heavy (non-hydrogen) atoms. The van der Waals surface area contributed by atoms with Crippen molar-refractivity contribution in [3.63, 3.8) is 0 Å². The first-order valence-corrected chi connectivity index (χ1v) is 13.3. The zero-order chi connectivity index (χ0) is 24.8. The Morgan fingerprint density at radius 3 is 1.91 bits per heavy atom. The van der Waals surface area contributed by atoms with E-state index in [1.165, 1.54) is 62.5 Å². The van der Waals surface area contributed by atoms with Gasteiger partial charge in [0.1, 0.15) is 0 Å². The van der Waals surface area contributed by atoms with Gasteiger partial charge in [0.25, 0.3) is 0 Å². The molecule has 4 aliphatic carbocycles. The van der Waals surface area contributed by atoms with Crippen LogP contribution in [0.1, 0.15) is 108 Å². The van der Waals surface area contributed by atoms with Gasteiger partial charge in [0, 0.05) is 55.2 Å². The van der Waals surface area contributed by atoms with Gasteiger partial charge in [-0.15, -0.1) is 0 Å². The minimum absolute atomic E-state index is 0.270. The van der Waals surface area contributed by atoms with Crippen molar-refractivity contribution < 1.29 is 14.7 Å². The number of fused-ring (bicyclic) bond motifs is 2. The summed E-state index contributed by atoms with van der Waals surface area (Å²) >= 11 is 0. The maximum absolute atomic E-state index is 12.0. The molecule has 2 N–H and O–H groups in total. The summed E-state index contributed by atoms with van der Waals surface area (Å²) in [7, 11) is 3.19. The second-order valence-corrected chi connectivity index (χ2v) is 10.2. The lowest BCUT2D eigenvalue weighted by molar-refractivity contribution is 0.0942. The molecule has 188 valence electrons. The van der Waals surface area contributed by atoms with Crippen molar-refractivity contribution >= 4 is 11.6 Å². The number of hydrogen-bond acceptors (Lipinski definition) is 5. The Labute approximate surface area is 209 Å². The van der Waals surface area contributed by atoms with Crippen LogP contribution in [-0.2, 0) is 0 Å². The van der Waals surface area contributed by atoms with E-state index in [-0.39, 0.29) is 6.04 Å². The van der Waals surface area contributed by atoms with E-state index in [4.69, 9.17) is 5.11 Å². The molecule has 0 saturated heterocycles. The fourth-order valence-electron chi connectivity index (χ4n) is 6.35. The average Bonchev–Trinajstić information content (AvgIpc) is 3.70. The van der Waals surface area contributed by atoms with Crippen LogP contribution in [0.15, 0.2) is 48.5 Å².